The van der Waals surface area contributed by atoms with E-state index in [0.717, 1.165) is 18.4 Å². The maximum atomic E-state index is 11.4. The van der Waals surface area contributed by atoms with Crippen LogP contribution in [0.2, 0.25) is 0 Å². The number of ether oxygens (including phenoxy) is 1. The number of hydrogen-bond donors (Lipinski definition) is 1. The van der Waals surface area contributed by atoms with Gasteiger partial charge in [-0.2, -0.15) is 0 Å². The number of carbonyl (C=O) groups is 1. The molecule has 0 spiro atoms. The van der Waals surface area contributed by atoms with Gasteiger partial charge in [-0.15, -0.1) is 0 Å². The Kier molecular flexibility index (Phi) is 3.59. The molecule has 0 saturated carbocycles. The molecule has 2 aromatic rings. The number of unbranched alkanes of at least 4 members (excludes halogenated alkanes) is 1. The fraction of sp³-hybridized carbons (Fsp3) is 0.333. The van der Waals surface area contributed by atoms with E-state index in [2.05, 4.69) is 10.3 Å². The van der Waals surface area contributed by atoms with Crippen molar-refractivity contribution in [2.24, 2.45) is 0 Å². The zero-order chi connectivity index (χ0) is 12.1. The van der Waals surface area contributed by atoms with Crippen LogP contribution in [0, 0.1) is 0 Å². The monoisotopic (exact) mass is 233 g/mol. The van der Waals surface area contributed by atoms with Crippen LogP contribution in [0.1, 0.15) is 19.8 Å². The van der Waals surface area contributed by atoms with Gasteiger partial charge in [0, 0.05) is 6.20 Å². The van der Waals surface area contributed by atoms with Crippen LogP contribution in [0.4, 0.5) is 10.5 Å². The van der Waals surface area contributed by atoms with Crippen molar-refractivity contribution >= 4 is 17.3 Å². The molecule has 2 rings (SSSR count). The summed E-state index contributed by atoms with van der Waals surface area (Å²) < 4.78 is 6.84. The Bertz CT molecular complexity index is 507. The van der Waals surface area contributed by atoms with Crippen molar-refractivity contribution in [3.8, 4) is 0 Å². The van der Waals surface area contributed by atoms with Gasteiger partial charge in [0.05, 0.1) is 30.3 Å². The number of anilines is 1. The van der Waals surface area contributed by atoms with Gasteiger partial charge in [0.1, 0.15) is 0 Å². The van der Waals surface area contributed by atoms with Gasteiger partial charge >= 0.3 is 6.09 Å². The molecule has 2 aromatic heterocycles. The molecular formula is C12H15N3O2. The summed E-state index contributed by atoms with van der Waals surface area (Å²) in [4.78, 5) is 15.4. The average Bonchev–Trinajstić information content (AvgIpc) is 2.76. The van der Waals surface area contributed by atoms with Crippen LogP contribution < -0.4 is 5.32 Å². The number of pyridine rings is 1. The number of amides is 1. The number of rotatable bonds is 4. The van der Waals surface area contributed by atoms with Gasteiger partial charge in [-0.3, -0.25) is 5.32 Å². The molecule has 0 fully saturated rings. The minimum Gasteiger partial charge on any atom is -0.449 e. The molecule has 5 heteroatoms. The highest BCUT2D eigenvalue weighted by Crippen LogP contribution is 2.10. The van der Waals surface area contributed by atoms with Gasteiger partial charge in [0.15, 0.2) is 0 Å². The third kappa shape index (κ3) is 2.96. The predicted molar refractivity (Wildman–Crippen MR) is 65.1 cm³/mol. The average molecular weight is 233 g/mol. The molecule has 0 aromatic carbocycles. The summed E-state index contributed by atoms with van der Waals surface area (Å²) in [5, 5.41) is 2.67. The van der Waals surface area contributed by atoms with E-state index in [9.17, 15) is 4.79 Å². The van der Waals surface area contributed by atoms with E-state index in [0.29, 0.717) is 12.3 Å². The van der Waals surface area contributed by atoms with E-state index < -0.39 is 6.09 Å². The quantitative estimate of drug-likeness (QED) is 0.826. The summed E-state index contributed by atoms with van der Waals surface area (Å²) in [5.41, 5.74) is 1.67. The Morgan fingerprint density at radius 3 is 3.24 bits per heavy atom. The van der Waals surface area contributed by atoms with Crippen LogP contribution >= 0.6 is 0 Å². The Balaban J connectivity index is 1.95. The number of nitrogens with zero attached hydrogens (tertiary/aromatic N) is 2. The molecule has 17 heavy (non-hydrogen) atoms. The Hall–Kier alpha value is -2.04. The number of aromatic nitrogens is 2. The second kappa shape index (κ2) is 5.34. The fourth-order valence-electron chi connectivity index (χ4n) is 1.46. The number of nitrogens with one attached hydrogen (secondary N) is 1. The molecule has 0 aliphatic rings. The molecule has 0 aliphatic heterocycles. The lowest BCUT2D eigenvalue weighted by atomic mass is 10.4. The van der Waals surface area contributed by atoms with E-state index in [1.54, 1.807) is 18.7 Å². The molecule has 0 atom stereocenters. The Morgan fingerprint density at radius 1 is 1.53 bits per heavy atom. The predicted octanol–water partition coefficient (Wildman–Crippen LogP) is 2.68. The lowest BCUT2D eigenvalue weighted by Crippen LogP contribution is -2.14. The smallest absolute Gasteiger partial charge is 0.411 e. The molecule has 90 valence electrons. The number of imidazole rings is 1. The van der Waals surface area contributed by atoms with Crippen LogP contribution in [0.3, 0.4) is 0 Å². The second-order valence-electron chi connectivity index (χ2n) is 3.76. The first-order chi connectivity index (χ1) is 8.29. The van der Waals surface area contributed by atoms with Crippen molar-refractivity contribution in [1.29, 1.82) is 0 Å². The van der Waals surface area contributed by atoms with E-state index in [1.165, 1.54) is 0 Å². The first-order valence-corrected chi connectivity index (χ1v) is 5.65. The SMILES string of the molecule is CCCCOC(=O)Nc1ccc2cncn2c1. The van der Waals surface area contributed by atoms with Gasteiger partial charge in [-0.05, 0) is 18.6 Å². The topological polar surface area (TPSA) is 55.6 Å². The van der Waals surface area contributed by atoms with Crippen LogP contribution in [0.25, 0.3) is 5.52 Å². The molecular weight excluding hydrogens is 218 g/mol. The van der Waals surface area contributed by atoms with Crippen molar-refractivity contribution < 1.29 is 9.53 Å². The third-order valence-electron chi connectivity index (χ3n) is 2.39. The zero-order valence-corrected chi connectivity index (χ0v) is 9.72. The summed E-state index contributed by atoms with van der Waals surface area (Å²) >= 11 is 0. The van der Waals surface area contributed by atoms with Crippen LogP contribution in [-0.2, 0) is 4.74 Å². The summed E-state index contributed by atoms with van der Waals surface area (Å²) in [6.45, 7) is 2.50. The highest BCUT2D eigenvalue weighted by molar-refractivity contribution is 5.84. The van der Waals surface area contributed by atoms with Crippen LogP contribution in [0.15, 0.2) is 30.9 Å². The van der Waals surface area contributed by atoms with E-state index in [4.69, 9.17) is 4.74 Å². The molecule has 0 radical (unpaired) electrons. The zero-order valence-electron chi connectivity index (χ0n) is 9.72. The van der Waals surface area contributed by atoms with Gasteiger partial charge in [0.25, 0.3) is 0 Å². The summed E-state index contributed by atoms with van der Waals surface area (Å²) in [6, 6.07) is 3.70. The van der Waals surface area contributed by atoms with Crippen molar-refractivity contribution in [3.05, 3.63) is 30.9 Å². The molecule has 5 nitrogen and oxygen atoms in total. The van der Waals surface area contributed by atoms with Crippen molar-refractivity contribution in [1.82, 2.24) is 9.38 Å². The van der Waals surface area contributed by atoms with Gasteiger partial charge < -0.3 is 9.14 Å². The van der Waals surface area contributed by atoms with Crippen molar-refractivity contribution in [3.63, 3.8) is 0 Å². The van der Waals surface area contributed by atoms with Crippen molar-refractivity contribution in [2.75, 3.05) is 11.9 Å². The highest BCUT2D eigenvalue weighted by atomic mass is 16.5. The number of hydrogen-bond acceptors (Lipinski definition) is 3. The second-order valence-corrected chi connectivity index (χ2v) is 3.76. The summed E-state index contributed by atoms with van der Waals surface area (Å²) in [6.07, 6.45) is 6.70. The molecule has 0 unspecified atom stereocenters. The van der Waals surface area contributed by atoms with Crippen LogP contribution in [0.5, 0.6) is 0 Å². The molecule has 0 aliphatic carbocycles. The van der Waals surface area contributed by atoms with Gasteiger partial charge in [0.2, 0.25) is 0 Å². The lowest BCUT2D eigenvalue weighted by molar-refractivity contribution is 0.160. The standard InChI is InChI=1S/C12H15N3O2/c1-2-3-6-17-12(16)14-10-4-5-11-7-13-9-15(11)8-10/h4-5,7-9H,2-3,6H2,1H3,(H,14,16). The first kappa shape index (κ1) is 11.4. The summed E-state index contributed by atoms with van der Waals surface area (Å²) in [7, 11) is 0. The summed E-state index contributed by atoms with van der Waals surface area (Å²) in [5.74, 6) is 0. The molecule has 0 saturated heterocycles. The largest absolute Gasteiger partial charge is 0.449 e. The normalized spacial score (nSPS) is 10.4. The molecule has 0 bridgehead atoms. The van der Waals surface area contributed by atoms with E-state index in [-0.39, 0.29) is 0 Å². The Morgan fingerprint density at radius 2 is 2.41 bits per heavy atom. The highest BCUT2D eigenvalue weighted by Gasteiger charge is 2.03. The van der Waals surface area contributed by atoms with Crippen LogP contribution in [-0.4, -0.2) is 22.1 Å². The minimum absolute atomic E-state index is 0.419. The first-order valence-electron chi connectivity index (χ1n) is 5.65. The maximum absolute atomic E-state index is 11.4. The van der Waals surface area contributed by atoms with Gasteiger partial charge in [-0.25, -0.2) is 9.78 Å². The minimum atomic E-state index is -0.419. The Labute approximate surface area is 99.4 Å². The number of fused-ring (bicyclic) bond motifs is 1. The molecule has 1 N–H and O–H groups in total. The van der Waals surface area contributed by atoms with E-state index in [1.807, 2.05) is 23.5 Å². The maximum Gasteiger partial charge on any atom is 0.411 e. The van der Waals surface area contributed by atoms with Crippen molar-refractivity contribution in [2.45, 2.75) is 19.8 Å². The lowest BCUT2D eigenvalue weighted by Gasteiger charge is -2.06. The number of carbonyl (C=O) groups excluding carboxylic acids is 1. The third-order valence-corrected chi connectivity index (χ3v) is 2.39. The fourth-order valence-corrected chi connectivity index (χ4v) is 1.46. The molecule has 1 amide bonds. The molecule has 2 heterocycles. The van der Waals surface area contributed by atoms with E-state index >= 15 is 0 Å². The van der Waals surface area contributed by atoms with Gasteiger partial charge in [-0.1, -0.05) is 13.3 Å².